The van der Waals surface area contributed by atoms with Crippen LogP contribution in [0.2, 0.25) is 0 Å². The third-order valence-corrected chi connectivity index (χ3v) is 5.23. The molecule has 1 aliphatic heterocycles. The molecule has 28 heavy (non-hydrogen) atoms. The Hall–Kier alpha value is -2.19. The summed E-state index contributed by atoms with van der Waals surface area (Å²) in [7, 11) is 0. The van der Waals surface area contributed by atoms with Crippen molar-refractivity contribution < 1.29 is 19.2 Å². The van der Waals surface area contributed by atoms with E-state index in [1.165, 1.54) is 0 Å². The van der Waals surface area contributed by atoms with Crippen LogP contribution in [0.15, 0.2) is 41.4 Å². The molecule has 0 radical (unpaired) electrons. The molecule has 0 spiro atoms. The molecule has 1 unspecified atom stereocenters. The zero-order valence-corrected chi connectivity index (χ0v) is 17.4. The Morgan fingerprint density at radius 3 is 2.71 bits per heavy atom. The zero-order chi connectivity index (χ0) is 20.4. The van der Waals surface area contributed by atoms with E-state index in [-0.39, 0.29) is 24.5 Å². The Balaban J connectivity index is 1.84. The molecule has 3 N–H and O–H groups in total. The van der Waals surface area contributed by atoms with Gasteiger partial charge in [0.15, 0.2) is 0 Å². The van der Waals surface area contributed by atoms with E-state index in [4.69, 9.17) is 9.57 Å². The lowest BCUT2D eigenvalue weighted by atomic mass is 9.98. The quantitative estimate of drug-likeness (QED) is 0.553. The summed E-state index contributed by atoms with van der Waals surface area (Å²) in [6, 6.07) is 8.74. The van der Waals surface area contributed by atoms with Crippen molar-refractivity contribution in [2.75, 3.05) is 12.3 Å². The molecule has 0 saturated heterocycles. The standard InChI is InChI=1S/C20H29N3O4S/c1-4-14(3)18(22-20(25)26-13-15-9-7-6-8-10-15)19(24)21-12-16-11-17(23-27-16)28-5-2/h6-11,14,16,18,23H,4-5,12-13H2,1-3H3,(H,21,24)(H,22,25)/t14-,16?,18-/m0/s1. The SMILES string of the molecule is CCSC1=CC(CNC(=O)[C@@H](NC(=O)OCc2ccccc2)[C@@H](C)CC)ON1. The number of hydrogen-bond acceptors (Lipinski definition) is 6. The zero-order valence-electron chi connectivity index (χ0n) is 16.6. The molecule has 7 nitrogen and oxygen atoms in total. The van der Waals surface area contributed by atoms with Crippen LogP contribution in [0.4, 0.5) is 4.79 Å². The molecule has 0 fully saturated rings. The van der Waals surface area contributed by atoms with Gasteiger partial charge in [0.25, 0.3) is 0 Å². The van der Waals surface area contributed by atoms with Crippen molar-refractivity contribution in [1.82, 2.24) is 16.1 Å². The summed E-state index contributed by atoms with van der Waals surface area (Å²) in [6.07, 6.45) is 1.84. The third-order valence-electron chi connectivity index (χ3n) is 4.41. The summed E-state index contributed by atoms with van der Waals surface area (Å²) < 4.78 is 5.25. The molecule has 0 aromatic heterocycles. The number of nitrogens with one attached hydrogen (secondary N) is 3. The molecule has 0 saturated carbocycles. The fourth-order valence-electron chi connectivity index (χ4n) is 2.61. The molecule has 1 aromatic carbocycles. The number of hydrogen-bond donors (Lipinski definition) is 3. The molecule has 1 heterocycles. The van der Waals surface area contributed by atoms with Crippen LogP contribution in [0.5, 0.6) is 0 Å². The first kappa shape index (κ1) is 22.1. The van der Waals surface area contributed by atoms with E-state index in [9.17, 15) is 9.59 Å². The highest BCUT2D eigenvalue weighted by Gasteiger charge is 2.27. The van der Waals surface area contributed by atoms with Crippen LogP contribution in [-0.4, -0.2) is 36.4 Å². The van der Waals surface area contributed by atoms with Crippen LogP contribution in [-0.2, 0) is 21.0 Å². The second-order valence-corrected chi connectivity index (χ2v) is 7.84. The van der Waals surface area contributed by atoms with Crippen LogP contribution in [0.1, 0.15) is 32.8 Å². The molecule has 0 bridgehead atoms. The van der Waals surface area contributed by atoms with Crippen molar-refractivity contribution in [3.8, 4) is 0 Å². The highest BCUT2D eigenvalue weighted by atomic mass is 32.2. The van der Waals surface area contributed by atoms with E-state index in [1.54, 1.807) is 11.8 Å². The molecular formula is C20H29N3O4S. The predicted octanol–water partition coefficient (Wildman–Crippen LogP) is 2.94. The van der Waals surface area contributed by atoms with Gasteiger partial charge in [0, 0.05) is 0 Å². The molecular weight excluding hydrogens is 378 g/mol. The number of carbonyl (C=O) groups is 2. The van der Waals surface area contributed by atoms with E-state index in [0.717, 1.165) is 22.8 Å². The van der Waals surface area contributed by atoms with E-state index >= 15 is 0 Å². The Kier molecular flexibility index (Phi) is 9.16. The number of thioether (sulfide) groups is 1. The van der Waals surface area contributed by atoms with E-state index in [0.29, 0.717) is 6.54 Å². The van der Waals surface area contributed by atoms with Crippen LogP contribution in [0, 0.1) is 5.92 Å². The van der Waals surface area contributed by atoms with Gasteiger partial charge < -0.3 is 15.4 Å². The van der Waals surface area contributed by atoms with Gasteiger partial charge >= 0.3 is 6.09 Å². The number of alkyl carbamates (subject to hydrolysis) is 1. The van der Waals surface area contributed by atoms with E-state index in [2.05, 4.69) is 23.0 Å². The second-order valence-electron chi connectivity index (χ2n) is 6.54. The fraction of sp³-hybridized carbons (Fsp3) is 0.500. The first-order valence-electron chi connectivity index (χ1n) is 9.54. The predicted molar refractivity (Wildman–Crippen MR) is 110 cm³/mol. The van der Waals surface area contributed by atoms with Crippen molar-refractivity contribution in [2.45, 2.75) is 45.9 Å². The largest absolute Gasteiger partial charge is 0.445 e. The average Bonchev–Trinajstić information content (AvgIpc) is 3.16. The van der Waals surface area contributed by atoms with Gasteiger partial charge in [-0.2, -0.15) is 0 Å². The van der Waals surface area contributed by atoms with Gasteiger partial charge in [-0.05, 0) is 23.3 Å². The van der Waals surface area contributed by atoms with Gasteiger partial charge in [-0.25, -0.2) is 4.79 Å². The Bertz CT molecular complexity index is 669. The maximum atomic E-state index is 12.6. The number of hydroxylamine groups is 1. The van der Waals surface area contributed by atoms with Gasteiger partial charge in [-0.1, -0.05) is 57.5 Å². The lowest BCUT2D eigenvalue weighted by Gasteiger charge is -2.23. The summed E-state index contributed by atoms with van der Waals surface area (Å²) in [5.41, 5.74) is 3.73. The Morgan fingerprint density at radius 1 is 1.29 bits per heavy atom. The van der Waals surface area contributed by atoms with Crippen LogP contribution < -0.4 is 16.1 Å². The van der Waals surface area contributed by atoms with Crippen molar-refractivity contribution in [3.05, 3.63) is 47.0 Å². The normalized spacial score (nSPS) is 17.8. The van der Waals surface area contributed by atoms with Gasteiger partial charge in [0.05, 0.1) is 11.6 Å². The molecule has 2 rings (SSSR count). The maximum Gasteiger partial charge on any atom is 0.408 e. The monoisotopic (exact) mass is 407 g/mol. The lowest BCUT2D eigenvalue weighted by Crippen LogP contribution is -2.51. The Morgan fingerprint density at radius 2 is 2.04 bits per heavy atom. The topological polar surface area (TPSA) is 88.7 Å². The van der Waals surface area contributed by atoms with Crippen LogP contribution in [0.3, 0.4) is 0 Å². The minimum atomic E-state index is -0.670. The van der Waals surface area contributed by atoms with E-state index in [1.807, 2.05) is 50.3 Å². The first-order chi connectivity index (χ1) is 13.5. The van der Waals surface area contributed by atoms with Crippen molar-refractivity contribution in [1.29, 1.82) is 0 Å². The van der Waals surface area contributed by atoms with Crippen molar-refractivity contribution in [3.63, 3.8) is 0 Å². The van der Waals surface area contributed by atoms with Crippen LogP contribution in [0.25, 0.3) is 0 Å². The lowest BCUT2D eigenvalue weighted by molar-refractivity contribution is -0.124. The number of carbonyl (C=O) groups excluding carboxylic acids is 2. The summed E-state index contributed by atoms with van der Waals surface area (Å²) >= 11 is 1.64. The molecule has 3 atom stereocenters. The minimum absolute atomic E-state index is 0.0337. The number of ether oxygens (including phenoxy) is 1. The van der Waals surface area contributed by atoms with Gasteiger partial charge in [0.1, 0.15) is 18.8 Å². The highest BCUT2D eigenvalue weighted by Crippen LogP contribution is 2.18. The first-order valence-corrected chi connectivity index (χ1v) is 10.5. The molecule has 2 amide bonds. The third kappa shape index (κ3) is 7.09. The Labute approximate surface area is 170 Å². The van der Waals surface area contributed by atoms with Gasteiger partial charge in [-0.3, -0.25) is 15.1 Å². The molecule has 1 aliphatic rings. The smallest absolute Gasteiger partial charge is 0.408 e. The number of rotatable bonds is 10. The second kappa shape index (κ2) is 11.6. The molecule has 1 aromatic rings. The number of amides is 2. The molecule has 154 valence electrons. The fourth-order valence-corrected chi connectivity index (χ4v) is 3.28. The van der Waals surface area contributed by atoms with Crippen molar-refractivity contribution >= 4 is 23.8 Å². The summed E-state index contributed by atoms with van der Waals surface area (Å²) in [5, 5.41) is 6.49. The van der Waals surface area contributed by atoms with Crippen molar-refractivity contribution in [2.24, 2.45) is 5.92 Å². The summed E-state index contributed by atoms with van der Waals surface area (Å²) in [4.78, 5) is 30.2. The van der Waals surface area contributed by atoms with Gasteiger partial charge in [0.2, 0.25) is 5.91 Å². The van der Waals surface area contributed by atoms with E-state index < -0.39 is 12.1 Å². The average molecular weight is 408 g/mol. The summed E-state index contributed by atoms with van der Waals surface area (Å²) in [6.45, 7) is 6.44. The summed E-state index contributed by atoms with van der Waals surface area (Å²) in [5.74, 6) is 0.653. The minimum Gasteiger partial charge on any atom is -0.445 e. The maximum absolute atomic E-state index is 12.6. The highest BCUT2D eigenvalue weighted by molar-refractivity contribution is 8.02. The number of benzene rings is 1. The van der Waals surface area contributed by atoms with Crippen LogP contribution >= 0.6 is 11.8 Å². The molecule has 8 heteroatoms. The van der Waals surface area contributed by atoms with Gasteiger partial charge in [-0.15, -0.1) is 11.8 Å². The molecule has 0 aliphatic carbocycles.